The minimum absolute atomic E-state index is 0.207. The zero-order valence-corrected chi connectivity index (χ0v) is 10.3. The van der Waals surface area contributed by atoms with E-state index in [1.807, 2.05) is 36.1 Å². The molecule has 5 heteroatoms. The van der Waals surface area contributed by atoms with Crippen molar-refractivity contribution in [2.24, 2.45) is 5.73 Å². The number of rotatable bonds is 3. The van der Waals surface area contributed by atoms with E-state index in [-0.39, 0.29) is 24.4 Å². The maximum absolute atomic E-state index is 11.8. The number of carbonyl (C=O) groups excluding carboxylic acids is 2. The molecule has 0 aliphatic carbocycles. The second kappa shape index (κ2) is 5.18. The number of hydrogen-bond acceptors (Lipinski definition) is 4. The van der Waals surface area contributed by atoms with Crippen LogP contribution in [0.4, 0.5) is 5.69 Å². The maximum Gasteiger partial charge on any atom is 0.249 e. The van der Waals surface area contributed by atoms with Crippen LogP contribution in [-0.4, -0.2) is 24.4 Å². The molecule has 1 aromatic carbocycles. The Bertz CT molecular complexity index is 473. The molecule has 3 N–H and O–H groups in total. The number of hydrogen-bond donors (Lipinski definition) is 2. The van der Waals surface area contributed by atoms with Gasteiger partial charge >= 0.3 is 0 Å². The molecular formula is C13H17N3O2. The number of nitrogens with one attached hydrogen (secondary N) is 1. The molecule has 1 fully saturated rings. The zero-order chi connectivity index (χ0) is 13.1. The predicted octanol–water partition coefficient (Wildman–Crippen LogP) is 0.387. The zero-order valence-electron chi connectivity index (χ0n) is 10.3. The summed E-state index contributed by atoms with van der Waals surface area (Å²) in [6.07, 6.45) is 0.659. The normalized spacial score (nSPS) is 19.9. The van der Waals surface area contributed by atoms with Gasteiger partial charge in [-0.05, 0) is 24.1 Å². The molecule has 5 nitrogen and oxygen atoms in total. The number of anilines is 1. The van der Waals surface area contributed by atoms with Gasteiger partial charge in [0, 0.05) is 12.2 Å². The van der Waals surface area contributed by atoms with Crippen LogP contribution in [-0.2, 0) is 16.1 Å². The first-order valence-electron chi connectivity index (χ1n) is 6.05. The Hall–Kier alpha value is -1.88. The molecule has 18 heavy (non-hydrogen) atoms. The van der Waals surface area contributed by atoms with Gasteiger partial charge in [0.2, 0.25) is 11.8 Å². The molecule has 0 bridgehead atoms. The smallest absolute Gasteiger partial charge is 0.249 e. The fraction of sp³-hybridized carbons (Fsp3) is 0.385. The molecule has 0 spiro atoms. The summed E-state index contributed by atoms with van der Waals surface area (Å²) in [6, 6.07) is 7.34. The van der Waals surface area contributed by atoms with Crippen LogP contribution in [0.15, 0.2) is 24.3 Å². The number of carbonyl (C=O) groups is 2. The summed E-state index contributed by atoms with van der Waals surface area (Å²) in [4.78, 5) is 25.1. The van der Waals surface area contributed by atoms with Gasteiger partial charge in [-0.3, -0.25) is 14.9 Å². The van der Waals surface area contributed by atoms with Gasteiger partial charge in [-0.15, -0.1) is 0 Å². The van der Waals surface area contributed by atoms with Gasteiger partial charge in [0.25, 0.3) is 0 Å². The number of nitrogens with zero attached hydrogens (tertiary/aromatic N) is 1. The Balaban J connectivity index is 2.33. The summed E-state index contributed by atoms with van der Waals surface area (Å²) in [6.45, 7) is 2.58. The van der Waals surface area contributed by atoms with E-state index in [2.05, 4.69) is 5.32 Å². The number of amides is 2. The monoisotopic (exact) mass is 247 g/mol. The molecule has 1 atom stereocenters. The lowest BCUT2D eigenvalue weighted by Crippen LogP contribution is -2.58. The lowest BCUT2D eigenvalue weighted by Gasteiger charge is -2.35. The number of imide groups is 1. The molecule has 0 saturated carbocycles. The van der Waals surface area contributed by atoms with Crippen molar-refractivity contribution in [1.82, 2.24) is 5.32 Å². The van der Waals surface area contributed by atoms with E-state index in [1.165, 1.54) is 0 Å². The van der Waals surface area contributed by atoms with Crippen LogP contribution in [0.5, 0.6) is 0 Å². The SMILES string of the molecule is CCC1C(=O)NC(=O)CN1c1cccc(CN)c1. The molecule has 2 rings (SSSR count). The summed E-state index contributed by atoms with van der Waals surface area (Å²) in [5.41, 5.74) is 7.46. The van der Waals surface area contributed by atoms with E-state index in [0.29, 0.717) is 13.0 Å². The minimum atomic E-state index is -0.296. The Morgan fingerprint density at radius 1 is 1.44 bits per heavy atom. The molecule has 1 saturated heterocycles. The summed E-state index contributed by atoms with van der Waals surface area (Å²) >= 11 is 0. The van der Waals surface area contributed by atoms with Crippen molar-refractivity contribution in [1.29, 1.82) is 0 Å². The fourth-order valence-corrected chi connectivity index (χ4v) is 2.21. The van der Waals surface area contributed by atoms with Crippen LogP contribution in [0.2, 0.25) is 0 Å². The van der Waals surface area contributed by atoms with Crippen LogP contribution >= 0.6 is 0 Å². The Labute approximate surface area is 106 Å². The maximum atomic E-state index is 11.8. The second-order valence-corrected chi connectivity index (χ2v) is 4.34. The molecule has 1 aromatic rings. The van der Waals surface area contributed by atoms with Gasteiger partial charge in [-0.1, -0.05) is 19.1 Å². The van der Waals surface area contributed by atoms with Crippen molar-refractivity contribution >= 4 is 17.5 Å². The van der Waals surface area contributed by atoms with Crippen LogP contribution < -0.4 is 16.0 Å². The Morgan fingerprint density at radius 3 is 2.89 bits per heavy atom. The summed E-state index contributed by atoms with van der Waals surface area (Å²) in [5.74, 6) is -0.491. The molecular weight excluding hydrogens is 230 g/mol. The first kappa shape index (κ1) is 12.6. The van der Waals surface area contributed by atoms with Crippen molar-refractivity contribution in [3.05, 3.63) is 29.8 Å². The van der Waals surface area contributed by atoms with E-state index < -0.39 is 0 Å². The minimum Gasteiger partial charge on any atom is -0.350 e. The van der Waals surface area contributed by atoms with Crippen molar-refractivity contribution in [3.63, 3.8) is 0 Å². The quantitative estimate of drug-likeness (QED) is 0.757. The molecule has 1 heterocycles. The van der Waals surface area contributed by atoms with Gasteiger partial charge < -0.3 is 10.6 Å². The van der Waals surface area contributed by atoms with Crippen LogP contribution in [0.25, 0.3) is 0 Å². The average molecular weight is 247 g/mol. The lowest BCUT2D eigenvalue weighted by atomic mass is 10.1. The molecule has 1 unspecified atom stereocenters. The highest BCUT2D eigenvalue weighted by molar-refractivity contribution is 6.04. The summed E-state index contributed by atoms with van der Waals surface area (Å²) < 4.78 is 0. The van der Waals surface area contributed by atoms with Crippen molar-refractivity contribution in [2.45, 2.75) is 25.9 Å². The van der Waals surface area contributed by atoms with Crippen LogP contribution in [0, 0.1) is 0 Å². The lowest BCUT2D eigenvalue weighted by molar-refractivity contribution is -0.132. The van der Waals surface area contributed by atoms with E-state index in [4.69, 9.17) is 5.73 Å². The highest BCUT2D eigenvalue weighted by Crippen LogP contribution is 2.21. The second-order valence-electron chi connectivity index (χ2n) is 4.34. The van der Waals surface area contributed by atoms with Crippen LogP contribution in [0.1, 0.15) is 18.9 Å². The third kappa shape index (κ3) is 2.36. The molecule has 1 aliphatic heterocycles. The van der Waals surface area contributed by atoms with E-state index in [0.717, 1.165) is 11.3 Å². The first-order chi connectivity index (χ1) is 8.65. The first-order valence-corrected chi connectivity index (χ1v) is 6.05. The van der Waals surface area contributed by atoms with E-state index >= 15 is 0 Å². The van der Waals surface area contributed by atoms with Crippen molar-refractivity contribution in [3.8, 4) is 0 Å². The van der Waals surface area contributed by atoms with Crippen molar-refractivity contribution < 1.29 is 9.59 Å². The van der Waals surface area contributed by atoms with Gasteiger partial charge in [0.1, 0.15) is 6.04 Å². The Morgan fingerprint density at radius 2 is 2.22 bits per heavy atom. The number of benzene rings is 1. The standard InChI is InChI=1S/C13H17N3O2/c1-2-11-13(18)15-12(17)8-16(11)10-5-3-4-9(6-10)7-14/h3-6,11H,2,7-8,14H2,1H3,(H,15,17,18). The van der Waals surface area contributed by atoms with E-state index in [9.17, 15) is 9.59 Å². The highest BCUT2D eigenvalue weighted by Gasteiger charge is 2.32. The van der Waals surface area contributed by atoms with Gasteiger partial charge in [-0.25, -0.2) is 0 Å². The van der Waals surface area contributed by atoms with Crippen molar-refractivity contribution in [2.75, 3.05) is 11.4 Å². The highest BCUT2D eigenvalue weighted by atomic mass is 16.2. The fourth-order valence-electron chi connectivity index (χ4n) is 2.21. The molecule has 1 aliphatic rings. The summed E-state index contributed by atoms with van der Waals surface area (Å²) in [5, 5.41) is 2.36. The molecule has 96 valence electrons. The number of piperazine rings is 1. The summed E-state index contributed by atoms with van der Waals surface area (Å²) in [7, 11) is 0. The topological polar surface area (TPSA) is 75.4 Å². The predicted molar refractivity (Wildman–Crippen MR) is 68.9 cm³/mol. The third-order valence-corrected chi connectivity index (χ3v) is 3.12. The molecule has 2 amide bonds. The van der Waals surface area contributed by atoms with Gasteiger partial charge in [-0.2, -0.15) is 0 Å². The average Bonchev–Trinajstić information content (AvgIpc) is 2.38. The third-order valence-electron chi connectivity index (χ3n) is 3.12. The van der Waals surface area contributed by atoms with Gasteiger partial charge in [0.15, 0.2) is 0 Å². The Kier molecular flexibility index (Phi) is 3.62. The largest absolute Gasteiger partial charge is 0.350 e. The van der Waals surface area contributed by atoms with Gasteiger partial charge in [0.05, 0.1) is 6.54 Å². The molecule has 0 aromatic heterocycles. The van der Waals surface area contributed by atoms with Crippen LogP contribution in [0.3, 0.4) is 0 Å². The molecule has 0 radical (unpaired) electrons. The van der Waals surface area contributed by atoms with E-state index in [1.54, 1.807) is 0 Å². The number of nitrogens with two attached hydrogens (primary N) is 1.